The van der Waals surface area contributed by atoms with Crippen molar-refractivity contribution in [1.82, 2.24) is 10.2 Å². The number of aliphatic hydroxyl groups is 1. The van der Waals surface area contributed by atoms with Crippen LogP contribution in [0.2, 0.25) is 0 Å². The Morgan fingerprint density at radius 3 is 2.58 bits per heavy atom. The number of benzene rings is 1. The van der Waals surface area contributed by atoms with Crippen LogP contribution in [0, 0.1) is 5.92 Å². The molecule has 3 aliphatic rings. The zero-order valence-corrected chi connectivity index (χ0v) is 13.6. The molecule has 24 heavy (non-hydrogen) atoms. The van der Waals surface area contributed by atoms with Gasteiger partial charge in [-0.15, -0.1) is 0 Å². The third-order valence-corrected chi connectivity index (χ3v) is 5.67. The van der Waals surface area contributed by atoms with Gasteiger partial charge in [0, 0.05) is 23.2 Å². The Kier molecular flexibility index (Phi) is 3.81. The van der Waals surface area contributed by atoms with E-state index in [0.29, 0.717) is 23.2 Å². The molecule has 3 aliphatic heterocycles. The summed E-state index contributed by atoms with van der Waals surface area (Å²) in [5.41, 5.74) is 1.03. The SMILES string of the molecule is COC(=O)[C@H](C1CC2CCC(C1)N2)N1C(=O)c2ccccc2C1O. The van der Waals surface area contributed by atoms with E-state index in [2.05, 4.69) is 5.32 Å². The van der Waals surface area contributed by atoms with Crippen LogP contribution in [0.3, 0.4) is 0 Å². The van der Waals surface area contributed by atoms with Crippen LogP contribution in [0.15, 0.2) is 24.3 Å². The van der Waals surface area contributed by atoms with Crippen LogP contribution < -0.4 is 5.32 Å². The van der Waals surface area contributed by atoms with Gasteiger partial charge in [0.1, 0.15) is 6.04 Å². The summed E-state index contributed by atoms with van der Waals surface area (Å²) < 4.78 is 5.00. The molecule has 1 aromatic rings. The van der Waals surface area contributed by atoms with Crippen LogP contribution in [-0.2, 0) is 9.53 Å². The van der Waals surface area contributed by atoms with E-state index in [4.69, 9.17) is 4.74 Å². The minimum Gasteiger partial charge on any atom is -0.467 e. The average Bonchev–Trinajstić information content (AvgIpc) is 3.07. The van der Waals surface area contributed by atoms with Gasteiger partial charge in [0.05, 0.1) is 7.11 Å². The monoisotopic (exact) mass is 330 g/mol. The maximum Gasteiger partial charge on any atom is 0.328 e. The van der Waals surface area contributed by atoms with Gasteiger partial charge in [-0.2, -0.15) is 0 Å². The van der Waals surface area contributed by atoms with E-state index >= 15 is 0 Å². The molecular weight excluding hydrogens is 308 g/mol. The first-order valence-corrected chi connectivity index (χ1v) is 8.53. The second-order valence-electron chi connectivity index (χ2n) is 7.01. The summed E-state index contributed by atoms with van der Waals surface area (Å²) >= 11 is 0. The average molecular weight is 330 g/mol. The van der Waals surface area contributed by atoms with E-state index < -0.39 is 18.2 Å². The zero-order chi connectivity index (χ0) is 16.8. The minimum atomic E-state index is -1.09. The first-order valence-electron chi connectivity index (χ1n) is 8.53. The molecular formula is C18H22N2O4. The van der Waals surface area contributed by atoms with Crippen LogP contribution in [0.5, 0.6) is 0 Å². The van der Waals surface area contributed by atoms with E-state index in [9.17, 15) is 14.7 Å². The van der Waals surface area contributed by atoms with Gasteiger partial charge in [0.2, 0.25) is 0 Å². The number of hydrogen-bond donors (Lipinski definition) is 2. The van der Waals surface area contributed by atoms with E-state index in [1.54, 1.807) is 24.3 Å². The first-order chi connectivity index (χ1) is 11.6. The molecule has 2 N–H and O–H groups in total. The standard InChI is InChI=1S/C18H22N2O4/c1-24-18(23)15(10-8-11-6-7-12(9-10)19-11)20-16(21)13-4-2-3-5-14(13)17(20)22/h2-5,10-12,15-16,19,21H,6-9H2,1H3/t10?,11?,12?,15-,16?/m0/s1. The molecule has 0 saturated carbocycles. The van der Waals surface area contributed by atoms with Gasteiger partial charge in [-0.25, -0.2) is 4.79 Å². The van der Waals surface area contributed by atoms with Crippen molar-refractivity contribution in [2.75, 3.05) is 7.11 Å². The number of hydrogen-bond acceptors (Lipinski definition) is 5. The van der Waals surface area contributed by atoms with Gasteiger partial charge in [0.25, 0.3) is 5.91 Å². The number of amides is 1. The van der Waals surface area contributed by atoms with Crippen LogP contribution in [0.25, 0.3) is 0 Å². The molecule has 0 aliphatic carbocycles. The number of nitrogens with one attached hydrogen (secondary N) is 1. The molecule has 0 spiro atoms. The summed E-state index contributed by atoms with van der Waals surface area (Å²) in [6.45, 7) is 0. The Labute approximate surface area is 140 Å². The highest BCUT2D eigenvalue weighted by Gasteiger charge is 2.49. The molecule has 2 fully saturated rings. The molecule has 1 amide bonds. The van der Waals surface area contributed by atoms with Gasteiger partial charge in [-0.1, -0.05) is 18.2 Å². The summed E-state index contributed by atoms with van der Waals surface area (Å²) in [6, 6.07) is 7.02. The fraction of sp³-hybridized carbons (Fsp3) is 0.556. The molecule has 3 heterocycles. The zero-order valence-electron chi connectivity index (χ0n) is 13.6. The fourth-order valence-electron chi connectivity index (χ4n) is 4.61. The van der Waals surface area contributed by atoms with Gasteiger partial charge < -0.3 is 15.2 Å². The number of nitrogens with zero attached hydrogens (tertiary/aromatic N) is 1. The third kappa shape index (κ3) is 2.32. The quantitative estimate of drug-likeness (QED) is 0.815. The second kappa shape index (κ2) is 5.86. The Bertz CT molecular complexity index is 665. The normalized spacial score (nSPS) is 32.6. The molecule has 2 saturated heterocycles. The van der Waals surface area contributed by atoms with Crippen LogP contribution in [0.4, 0.5) is 0 Å². The lowest BCUT2D eigenvalue weighted by atomic mass is 9.85. The van der Waals surface area contributed by atoms with E-state index in [0.717, 1.165) is 25.7 Å². The molecule has 4 rings (SSSR count). The number of piperidine rings is 1. The smallest absolute Gasteiger partial charge is 0.328 e. The predicted octanol–water partition coefficient (Wildman–Crippen LogP) is 1.21. The van der Waals surface area contributed by atoms with Crippen molar-refractivity contribution in [1.29, 1.82) is 0 Å². The van der Waals surface area contributed by atoms with Crippen molar-refractivity contribution >= 4 is 11.9 Å². The molecule has 6 heteroatoms. The highest BCUT2D eigenvalue weighted by Crippen LogP contribution is 2.40. The summed E-state index contributed by atoms with van der Waals surface area (Å²) in [7, 11) is 1.34. The van der Waals surface area contributed by atoms with Crippen molar-refractivity contribution in [3.05, 3.63) is 35.4 Å². The molecule has 2 bridgehead atoms. The maximum absolute atomic E-state index is 12.8. The van der Waals surface area contributed by atoms with E-state index in [1.165, 1.54) is 12.0 Å². The van der Waals surface area contributed by atoms with Gasteiger partial charge in [0.15, 0.2) is 6.23 Å². The van der Waals surface area contributed by atoms with Gasteiger partial charge >= 0.3 is 5.97 Å². The molecule has 3 unspecified atom stereocenters. The minimum absolute atomic E-state index is 0.00381. The Morgan fingerprint density at radius 2 is 1.96 bits per heavy atom. The number of aliphatic hydroxyl groups excluding tert-OH is 1. The summed E-state index contributed by atoms with van der Waals surface area (Å²) in [5.74, 6) is -0.731. The largest absolute Gasteiger partial charge is 0.467 e. The Hall–Kier alpha value is -1.92. The second-order valence-corrected chi connectivity index (χ2v) is 7.01. The summed E-state index contributed by atoms with van der Waals surface area (Å²) in [4.78, 5) is 26.7. The maximum atomic E-state index is 12.8. The van der Waals surface area contributed by atoms with Crippen molar-refractivity contribution in [2.24, 2.45) is 5.92 Å². The topological polar surface area (TPSA) is 78.9 Å². The number of ether oxygens (including phenoxy) is 1. The van der Waals surface area contributed by atoms with Gasteiger partial charge in [-0.05, 0) is 37.7 Å². The van der Waals surface area contributed by atoms with E-state index in [-0.39, 0.29) is 11.8 Å². The first kappa shape index (κ1) is 15.6. The molecule has 1 aromatic carbocycles. The summed E-state index contributed by atoms with van der Waals surface area (Å²) in [6.07, 6.45) is 2.76. The molecule has 4 atom stereocenters. The van der Waals surface area contributed by atoms with Crippen molar-refractivity contribution in [2.45, 2.75) is 50.0 Å². The highest BCUT2D eigenvalue weighted by atomic mass is 16.5. The molecule has 128 valence electrons. The lowest BCUT2D eigenvalue weighted by molar-refractivity contribution is -0.153. The van der Waals surface area contributed by atoms with Crippen LogP contribution >= 0.6 is 0 Å². The molecule has 6 nitrogen and oxygen atoms in total. The van der Waals surface area contributed by atoms with Crippen molar-refractivity contribution in [3.63, 3.8) is 0 Å². The molecule has 0 radical (unpaired) electrons. The Morgan fingerprint density at radius 1 is 1.29 bits per heavy atom. The number of carbonyl (C=O) groups excluding carboxylic acids is 2. The highest BCUT2D eigenvalue weighted by molar-refractivity contribution is 6.01. The number of esters is 1. The Balaban J connectivity index is 1.68. The van der Waals surface area contributed by atoms with Crippen molar-refractivity contribution < 1.29 is 19.4 Å². The lowest BCUT2D eigenvalue weighted by Crippen LogP contribution is -2.53. The molecule has 0 aromatic heterocycles. The van der Waals surface area contributed by atoms with Crippen LogP contribution in [0.1, 0.15) is 47.8 Å². The number of rotatable bonds is 3. The number of carbonyl (C=O) groups is 2. The number of methoxy groups -OCH3 is 1. The van der Waals surface area contributed by atoms with E-state index in [1.807, 2.05) is 0 Å². The number of fused-ring (bicyclic) bond motifs is 3. The summed E-state index contributed by atoms with van der Waals surface area (Å²) in [5, 5.41) is 14.2. The fourth-order valence-corrected chi connectivity index (χ4v) is 4.61. The van der Waals surface area contributed by atoms with Gasteiger partial charge in [-0.3, -0.25) is 9.69 Å². The van der Waals surface area contributed by atoms with Crippen molar-refractivity contribution in [3.8, 4) is 0 Å². The lowest BCUT2D eigenvalue weighted by Gasteiger charge is -2.38. The van der Waals surface area contributed by atoms with Crippen LogP contribution in [-0.4, -0.2) is 47.1 Å². The third-order valence-electron chi connectivity index (χ3n) is 5.67. The predicted molar refractivity (Wildman–Crippen MR) is 86.0 cm³/mol.